The van der Waals surface area contributed by atoms with Gasteiger partial charge in [-0.3, -0.25) is 4.79 Å². The number of ether oxygens (including phenoxy) is 1. The third-order valence-corrected chi connectivity index (χ3v) is 10.5. The molecule has 0 aliphatic carbocycles. The van der Waals surface area contributed by atoms with Crippen LogP contribution in [0, 0.1) is 0 Å². The highest BCUT2D eigenvalue weighted by Crippen LogP contribution is 2.36. The first-order valence-corrected chi connectivity index (χ1v) is 13.5. The summed E-state index contributed by atoms with van der Waals surface area (Å²) < 4.78 is 12.5. The molecule has 0 saturated heterocycles. The molecule has 1 heterocycles. The molecule has 2 rings (SSSR count). The second-order valence-electron chi connectivity index (χ2n) is 9.62. The van der Waals surface area contributed by atoms with Crippen molar-refractivity contribution in [1.82, 2.24) is 10.3 Å². The molecule has 0 unspecified atom stereocenters. The van der Waals surface area contributed by atoms with Crippen LogP contribution in [0.5, 0.6) is 0 Å². The first kappa shape index (κ1) is 23.5. The van der Waals surface area contributed by atoms with E-state index in [4.69, 9.17) is 9.16 Å². The maximum atomic E-state index is 13.2. The molecule has 6 nitrogen and oxygen atoms in total. The lowest BCUT2D eigenvalue weighted by Crippen LogP contribution is -2.50. The van der Waals surface area contributed by atoms with Crippen molar-refractivity contribution in [3.63, 3.8) is 0 Å². The number of rotatable bonds is 6. The minimum atomic E-state index is -2.11. The van der Waals surface area contributed by atoms with Gasteiger partial charge in [0.05, 0.1) is 16.8 Å². The predicted octanol–water partition coefficient (Wildman–Crippen LogP) is 5.39. The molecule has 29 heavy (non-hydrogen) atoms. The highest BCUT2D eigenvalue weighted by molar-refractivity contribution is 7.20. The summed E-state index contributed by atoms with van der Waals surface area (Å²) in [4.78, 5) is 30.0. The van der Waals surface area contributed by atoms with Crippen LogP contribution in [0.1, 0.15) is 51.3 Å². The van der Waals surface area contributed by atoms with Crippen LogP contribution >= 0.6 is 11.3 Å². The minimum absolute atomic E-state index is 0.0115. The number of benzene rings is 1. The van der Waals surface area contributed by atoms with Gasteiger partial charge in [0.2, 0.25) is 5.78 Å². The number of carbonyl (C=O) groups is 2. The number of nitrogens with zero attached hydrogens (tertiary/aromatic N) is 1. The Kier molecular flexibility index (Phi) is 6.92. The molecule has 8 heteroatoms. The van der Waals surface area contributed by atoms with E-state index in [1.165, 1.54) is 11.3 Å². The van der Waals surface area contributed by atoms with E-state index in [1.54, 1.807) is 20.8 Å². The lowest BCUT2D eigenvalue weighted by molar-refractivity contribution is 0.0470. The maximum absolute atomic E-state index is 13.2. The minimum Gasteiger partial charge on any atom is -0.444 e. The van der Waals surface area contributed by atoms with Crippen LogP contribution in [0.25, 0.3) is 10.2 Å². The van der Waals surface area contributed by atoms with Crippen molar-refractivity contribution < 1.29 is 18.8 Å². The van der Waals surface area contributed by atoms with Gasteiger partial charge in [0.25, 0.3) is 0 Å². The highest BCUT2D eigenvalue weighted by Gasteiger charge is 2.39. The Bertz CT molecular complexity index is 848. The summed E-state index contributed by atoms with van der Waals surface area (Å²) in [6, 6.07) is 6.72. The Labute approximate surface area is 178 Å². The van der Waals surface area contributed by atoms with Crippen LogP contribution in [0.2, 0.25) is 18.1 Å². The number of Topliss-reactive ketones (excluding diaryl/α,β-unsaturated/α-hetero) is 1. The molecule has 2 aromatic rings. The van der Waals surface area contributed by atoms with Crippen LogP contribution in [-0.2, 0) is 9.16 Å². The van der Waals surface area contributed by atoms with Crippen LogP contribution in [-0.4, -0.2) is 43.4 Å². The molecule has 0 radical (unpaired) electrons. The van der Waals surface area contributed by atoms with Crippen LogP contribution < -0.4 is 5.32 Å². The molecular formula is C21H32N2O4SSi. The SMILES string of the molecule is CC(C)(C)OC(=O)N[C@@H](CO[Si](C)(C)C(C)(C)C)C(=O)c1nc2ccccc2s1. The average Bonchev–Trinajstić information content (AvgIpc) is 2.99. The van der Waals surface area contributed by atoms with Gasteiger partial charge in [-0.15, -0.1) is 11.3 Å². The maximum Gasteiger partial charge on any atom is 0.408 e. The largest absolute Gasteiger partial charge is 0.444 e. The quantitative estimate of drug-likeness (QED) is 0.485. The highest BCUT2D eigenvalue weighted by atomic mass is 32.1. The third-order valence-electron chi connectivity index (χ3n) is 4.93. The zero-order chi connectivity index (χ0) is 22.0. The Morgan fingerprint density at radius 3 is 2.31 bits per heavy atom. The molecule has 0 saturated carbocycles. The van der Waals surface area contributed by atoms with Gasteiger partial charge in [-0.1, -0.05) is 32.9 Å². The van der Waals surface area contributed by atoms with Crippen molar-refractivity contribution in [2.45, 2.75) is 71.3 Å². The number of amides is 1. The zero-order valence-electron chi connectivity index (χ0n) is 18.6. The summed E-state index contributed by atoms with van der Waals surface area (Å²) in [7, 11) is -2.11. The molecule has 1 atom stereocenters. The summed E-state index contributed by atoms with van der Waals surface area (Å²) in [6.45, 7) is 16.0. The average molecular weight is 437 g/mol. The molecule has 160 valence electrons. The van der Waals surface area contributed by atoms with Gasteiger partial charge in [-0.25, -0.2) is 9.78 Å². The number of nitrogens with one attached hydrogen (secondary N) is 1. The third kappa shape index (κ3) is 6.35. The van der Waals surface area contributed by atoms with Crippen molar-refractivity contribution in [3.05, 3.63) is 29.3 Å². The first-order valence-electron chi connectivity index (χ1n) is 9.73. The van der Waals surface area contributed by atoms with Gasteiger partial charge >= 0.3 is 6.09 Å². The fraction of sp³-hybridized carbons (Fsp3) is 0.571. The van der Waals surface area contributed by atoms with Crippen molar-refractivity contribution in [3.8, 4) is 0 Å². The Morgan fingerprint density at radius 2 is 1.76 bits per heavy atom. The molecule has 0 aliphatic rings. The first-order chi connectivity index (χ1) is 13.2. The van der Waals surface area contributed by atoms with Crippen molar-refractivity contribution in [2.24, 2.45) is 0 Å². The van der Waals surface area contributed by atoms with Gasteiger partial charge in [-0.2, -0.15) is 0 Å². The Morgan fingerprint density at radius 1 is 1.14 bits per heavy atom. The van der Waals surface area contributed by atoms with Gasteiger partial charge in [0.15, 0.2) is 13.3 Å². The predicted molar refractivity (Wildman–Crippen MR) is 120 cm³/mol. The molecule has 1 N–H and O–H groups in total. The number of para-hydroxylation sites is 1. The molecule has 0 bridgehead atoms. The van der Waals surface area contributed by atoms with E-state index < -0.39 is 26.1 Å². The number of alkyl carbamates (subject to hydrolysis) is 1. The molecular weight excluding hydrogens is 404 g/mol. The number of thiazole rings is 1. The molecule has 0 aliphatic heterocycles. The van der Waals surface area contributed by atoms with Crippen molar-refractivity contribution in [1.29, 1.82) is 0 Å². The van der Waals surface area contributed by atoms with E-state index in [1.807, 2.05) is 24.3 Å². The fourth-order valence-electron chi connectivity index (χ4n) is 2.27. The molecule has 0 fully saturated rings. The van der Waals surface area contributed by atoms with Crippen molar-refractivity contribution >= 4 is 41.7 Å². The van der Waals surface area contributed by atoms with E-state index in [9.17, 15) is 9.59 Å². The summed E-state index contributed by atoms with van der Waals surface area (Å²) >= 11 is 1.32. The van der Waals surface area contributed by atoms with E-state index in [0.717, 1.165) is 10.2 Å². The van der Waals surface area contributed by atoms with Crippen LogP contribution in [0.4, 0.5) is 4.79 Å². The molecule has 0 spiro atoms. The molecule has 1 aromatic heterocycles. The summed E-state index contributed by atoms with van der Waals surface area (Å²) in [5.41, 5.74) is 0.107. The van der Waals surface area contributed by atoms with E-state index in [0.29, 0.717) is 5.01 Å². The van der Waals surface area contributed by atoms with Crippen LogP contribution in [0.15, 0.2) is 24.3 Å². The number of hydrogen-bond donors (Lipinski definition) is 1. The molecule has 1 amide bonds. The zero-order valence-corrected chi connectivity index (χ0v) is 20.4. The van der Waals surface area contributed by atoms with Crippen molar-refractivity contribution in [2.75, 3.05) is 6.61 Å². The Balaban J connectivity index is 2.25. The standard InChI is InChI=1S/C21H32N2O4SSi/c1-20(2,3)27-19(25)23-15(13-26-29(7,8)21(4,5)6)17(24)18-22-14-11-9-10-12-16(14)28-18/h9-12,15H,13H2,1-8H3,(H,23,25)/t15-/m0/s1. The lowest BCUT2D eigenvalue weighted by atomic mass is 10.2. The van der Waals surface area contributed by atoms with Gasteiger partial charge < -0.3 is 14.5 Å². The Hall–Kier alpha value is -1.77. The number of carbonyl (C=O) groups excluding carboxylic acids is 2. The second-order valence-corrected chi connectivity index (χ2v) is 15.5. The number of ketones is 1. The van der Waals surface area contributed by atoms with Gasteiger partial charge in [0, 0.05) is 0 Å². The summed E-state index contributed by atoms with van der Waals surface area (Å²) in [5.74, 6) is -0.268. The lowest BCUT2D eigenvalue weighted by Gasteiger charge is -2.37. The molecule has 1 aromatic carbocycles. The van der Waals surface area contributed by atoms with E-state index in [-0.39, 0.29) is 17.4 Å². The number of hydrogen-bond acceptors (Lipinski definition) is 6. The number of aromatic nitrogens is 1. The fourth-order valence-corrected chi connectivity index (χ4v) is 4.24. The summed E-state index contributed by atoms with van der Waals surface area (Å²) in [6.07, 6.45) is -0.643. The number of fused-ring (bicyclic) bond motifs is 1. The van der Waals surface area contributed by atoms with Gasteiger partial charge in [-0.05, 0) is 51.0 Å². The monoisotopic (exact) mass is 436 g/mol. The van der Waals surface area contributed by atoms with E-state index in [2.05, 4.69) is 44.2 Å². The second kappa shape index (κ2) is 8.53. The van der Waals surface area contributed by atoms with E-state index >= 15 is 0 Å². The summed E-state index contributed by atoms with van der Waals surface area (Å²) in [5, 5.41) is 3.03. The van der Waals surface area contributed by atoms with Crippen LogP contribution in [0.3, 0.4) is 0 Å². The smallest absolute Gasteiger partial charge is 0.408 e. The topological polar surface area (TPSA) is 77.5 Å². The van der Waals surface area contributed by atoms with Gasteiger partial charge in [0.1, 0.15) is 11.6 Å². The normalized spacial score (nSPS) is 13.9.